The normalized spacial score (nSPS) is 11.9. The predicted octanol–water partition coefficient (Wildman–Crippen LogP) is 4.32. The average molecular weight is 277 g/mol. The number of para-hydroxylation sites is 2. The molecule has 0 heterocycles. The summed E-state index contributed by atoms with van der Waals surface area (Å²) in [6.07, 6.45) is 0. The summed E-state index contributed by atoms with van der Waals surface area (Å²) in [7, 11) is 0. The van der Waals surface area contributed by atoms with Crippen molar-refractivity contribution in [2.45, 2.75) is 12.8 Å². The van der Waals surface area contributed by atoms with E-state index in [9.17, 15) is 4.79 Å². The quantitative estimate of drug-likeness (QED) is 0.904. The number of benzene rings is 2. The second-order valence-corrected chi connectivity index (χ2v) is 4.54. The van der Waals surface area contributed by atoms with E-state index >= 15 is 0 Å². The Kier molecular flexibility index (Phi) is 4.07. The Hall–Kier alpha value is -2.00. The summed E-state index contributed by atoms with van der Waals surface area (Å²) in [5.74, 6) is -0.520. The molecule has 4 heteroatoms. The number of ether oxygens (including phenoxy) is 1. The molecule has 19 heavy (non-hydrogen) atoms. The number of carboxylic acids is 1. The van der Waals surface area contributed by atoms with Crippen LogP contribution in [0.15, 0.2) is 48.5 Å². The number of halogens is 1. The summed E-state index contributed by atoms with van der Waals surface area (Å²) in [5.41, 5.74) is 0.620. The molecule has 2 rings (SSSR count). The average Bonchev–Trinajstić information content (AvgIpc) is 2.41. The minimum Gasteiger partial charge on any atom is -0.481 e. The summed E-state index contributed by atoms with van der Waals surface area (Å²) in [6.45, 7) is 1.62. The van der Waals surface area contributed by atoms with Crippen LogP contribution in [0.3, 0.4) is 0 Å². The molecule has 1 unspecified atom stereocenters. The van der Waals surface area contributed by atoms with E-state index < -0.39 is 11.9 Å². The third-order valence-electron chi connectivity index (χ3n) is 2.81. The first-order valence-electron chi connectivity index (χ1n) is 5.83. The zero-order valence-corrected chi connectivity index (χ0v) is 11.1. The van der Waals surface area contributed by atoms with Gasteiger partial charge in [0.05, 0.1) is 10.9 Å². The molecule has 0 aliphatic heterocycles. The van der Waals surface area contributed by atoms with Crippen molar-refractivity contribution in [3.05, 3.63) is 59.1 Å². The smallest absolute Gasteiger partial charge is 0.310 e. The highest BCUT2D eigenvalue weighted by Crippen LogP contribution is 2.33. The lowest BCUT2D eigenvalue weighted by Crippen LogP contribution is -2.08. The monoisotopic (exact) mass is 276 g/mol. The molecule has 3 nitrogen and oxygen atoms in total. The molecule has 0 aromatic heterocycles. The SMILES string of the molecule is CC(C(=O)O)c1ccccc1Oc1ccccc1Cl. The standard InChI is InChI=1S/C15H13ClO3/c1-10(15(17)18)11-6-2-4-8-13(11)19-14-9-5-3-7-12(14)16/h2-10H,1H3,(H,17,18). The third-order valence-corrected chi connectivity index (χ3v) is 3.12. The molecular formula is C15H13ClO3. The van der Waals surface area contributed by atoms with Crippen molar-refractivity contribution in [3.8, 4) is 11.5 Å². The maximum absolute atomic E-state index is 11.1. The van der Waals surface area contributed by atoms with Gasteiger partial charge in [-0.05, 0) is 25.1 Å². The Balaban J connectivity index is 2.36. The fraction of sp³-hybridized carbons (Fsp3) is 0.133. The van der Waals surface area contributed by atoms with Gasteiger partial charge in [0.15, 0.2) is 0 Å². The van der Waals surface area contributed by atoms with E-state index in [2.05, 4.69) is 0 Å². The van der Waals surface area contributed by atoms with E-state index in [0.717, 1.165) is 0 Å². The largest absolute Gasteiger partial charge is 0.481 e. The predicted molar refractivity (Wildman–Crippen MR) is 74.0 cm³/mol. The van der Waals surface area contributed by atoms with Crippen molar-refractivity contribution < 1.29 is 14.6 Å². The highest BCUT2D eigenvalue weighted by Gasteiger charge is 2.18. The maximum atomic E-state index is 11.1. The van der Waals surface area contributed by atoms with Crippen molar-refractivity contribution in [1.29, 1.82) is 0 Å². The molecule has 1 atom stereocenters. The van der Waals surface area contributed by atoms with Crippen molar-refractivity contribution in [1.82, 2.24) is 0 Å². The van der Waals surface area contributed by atoms with Crippen molar-refractivity contribution in [2.75, 3.05) is 0 Å². The first-order valence-corrected chi connectivity index (χ1v) is 6.21. The van der Waals surface area contributed by atoms with Gasteiger partial charge in [0.2, 0.25) is 0 Å². The number of hydrogen-bond acceptors (Lipinski definition) is 2. The number of rotatable bonds is 4. The van der Waals surface area contributed by atoms with Crippen LogP contribution < -0.4 is 4.74 Å². The molecule has 0 aliphatic rings. The lowest BCUT2D eigenvalue weighted by molar-refractivity contribution is -0.138. The third kappa shape index (κ3) is 3.06. The Morgan fingerprint density at radius 2 is 1.68 bits per heavy atom. The molecule has 0 bridgehead atoms. The summed E-state index contributed by atoms with van der Waals surface area (Å²) < 4.78 is 5.72. The first kappa shape index (κ1) is 13.4. The second-order valence-electron chi connectivity index (χ2n) is 4.13. The van der Waals surface area contributed by atoms with Crippen molar-refractivity contribution >= 4 is 17.6 Å². The molecule has 2 aromatic rings. The minimum absolute atomic E-state index is 0.486. The van der Waals surface area contributed by atoms with Gasteiger partial charge in [0.25, 0.3) is 0 Å². The molecule has 0 saturated carbocycles. The molecule has 0 saturated heterocycles. The molecule has 0 spiro atoms. The van der Waals surface area contributed by atoms with Gasteiger partial charge < -0.3 is 9.84 Å². The van der Waals surface area contributed by atoms with Crippen LogP contribution in [0.4, 0.5) is 0 Å². The second kappa shape index (κ2) is 5.76. The van der Waals surface area contributed by atoms with Crippen LogP contribution in [0, 0.1) is 0 Å². The van der Waals surface area contributed by atoms with E-state index in [0.29, 0.717) is 22.1 Å². The molecule has 0 aliphatic carbocycles. The van der Waals surface area contributed by atoms with E-state index in [4.69, 9.17) is 21.4 Å². The Morgan fingerprint density at radius 1 is 1.11 bits per heavy atom. The number of aliphatic carboxylic acids is 1. The summed E-state index contributed by atoms with van der Waals surface area (Å²) >= 11 is 6.03. The van der Waals surface area contributed by atoms with E-state index in [-0.39, 0.29) is 0 Å². The number of hydrogen-bond donors (Lipinski definition) is 1. The van der Waals surface area contributed by atoms with Gasteiger partial charge in [-0.25, -0.2) is 0 Å². The van der Waals surface area contributed by atoms with Crippen LogP contribution in [0.5, 0.6) is 11.5 Å². The van der Waals surface area contributed by atoms with Gasteiger partial charge in [0.1, 0.15) is 11.5 Å². The summed E-state index contributed by atoms with van der Waals surface area (Å²) in [5, 5.41) is 9.59. The van der Waals surface area contributed by atoms with E-state index in [1.165, 1.54) is 0 Å². The van der Waals surface area contributed by atoms with E-state index in [1.807, 2.05) is 6.07 Å². The molecule has 2 aromatic carbocycles. The molecule has 98 valence electrons. The van der Waals surface area contributed by atoms with Gasteiger partial charge in [-0.2, -0.15) is 0 Å². The molecular weight excluding hydrogens is 264 g/mol. The molecule has 0 radical (unpaired) electrons. The number of carbonyl (C=O) groups is 1. The first-order chi connectivity index (χ1) is 9.09. The highest BCUT2D eigenvalue weighted by molar-refractivity contribution is 6.32. The Morgan fingerprint density at radius 3 is 2.32 bits per heavy atom. The topological polar surface area (TPSA) is 46.5 Å². The number of carboxylic acid groups (broad SMARTS) is 1. The van der Waals surface area contributed by atoms with Gasteiger partial charge in [-0.15, -0.1) is 0 Å². The van der Waals surface area contributed by atoms with Crippen LogP contribution in [-0.2, 0) is 4.79 Å². The summed E-state index contributed by atoms with van der Waals surface area (Å²) in [4.78, 5) is 11.1. The summed E-state index contributed by atoms with van der Waals surface area (Å²) in [6, 6.07) is 14.1. The lowest BCUT2D eigenvalue weighted by Gasteiger charge is -2.14. The van der Waals surface area contributed by atoms with Crippen LogP contribution >= 0.6 is 11.6 Å². The fourth-order valence-electron chi connectivity index (χ4n) is 1.71. The maximum Gasteiger partial charge on any atom is 0.310 e. The Bertz CT molecular complexity index is 595. The molecule has 0 fully saturated rings. The lowest BCUT2D eigenvalue weighted by atomic mass is 10.0. The van der Waals surface area contributed by atoms with Crippen LogP contribution in [0.2, 0.25) is 5.02 Å². The van der Waals surface area contributed by atoms with Crippen molar-refractivity contribution in [2.24, 2.45) is 0 Å². The van der Waals surface area contributed by atoms with Crippen LogP contribution in [0.25, 0.3) is 0 Å². The zero-order valence-electron chi connectivity index (χ0n) is 10.3. The fourth-order valence-corrected chi connectivity index (χ4v) is 1.88. The Labute approximate surface area is 116 Å². The van der Waals surface area contributed by atoms with Crippen LogP contribution in [-0.4, -0.2) is 11.1 Å². The minimum atomic E-state index is -0.893. The van der Waals surface area contributed by atoms with Gasteiger partial charge in [-0.3, -0.25) is 4.79 Å². The molecule has 1 N–H and O–H groups in total. The zero-order chi connectivity index (χ0) is 13.8. The van der Waals surface area contributed by atoms with E-state index in [1.54, 1.807) is 49.4 Å². The molecule has 0 amide bonds. The van der Waals surface area contributed by atoms with Gasteiger partial charge >= 0.3 is 5.97 Å². The van der Waals surface area contributed by atoms with Gasteiger partial charge in [-0.1, -0.05) is 41.9 Å². The van der Waals surface area contributed by atoms with Crippen LogP contribution in [0.1, 0.15) is 18.4 Å². The highest BCUT2D eigenvalue weighted by atomic mass is 35.5. The van der Waals surface area contributed by atoms with Gasteiger partial charge in [0, 0.05) is 5.56 Å². The van der Waals surface area contributed by atoms with Crippen molar-refractivity contribution in [3.63, 3.8) is 0 Å².